The van der Waals surface area contributed by atoms with Gasteiger partial charge in [-0.2, -0.15) is 11.8 Å². The molecule has 0 unspecified atom stereocenters. The molecule has 2 bridgehead atoms. The van der Waals surface area contributed by atoms with E-state index in [1.165, 1.54) is 54.0 Å². The summed E-state index contributed by atoms with van der Waals surface area (Å²) in [7, 11) is 2.95. The minimum absolute atomic E-state index is 0.0376. The van der Waals surface area contributed by atoms with Gasteiger partial charge in [-0.3, -0.25) is 33.6 Å². The molecule has 2 aromatic carbocycles. The number of benzene rings is 2. The summed E-state index contributed by atoms with van der Waals surface area (Å²) in [6.45, 7) is 5.93. The number of anilines is 1. The number of nitrogens with zero attached hydrogens (tertiary/aromatic N) is 7. The zero-order valence-corrected chi connectivity index (χ0v) is 42.8. The lowest BCUT2D eigenvalue weighted by molar-refractivity contribution is -0.157. The van der Waals surface area contributed by atoms with Gasteiger partial charge in [0.1, 0.15) is 47.8 Å². The monoisotopic (exact) mass is 1040 g/mol. The van der Waals surface area contributed by atoms with Gasteiger partial charge in [-0.05, 0) is 93.4 Å². The Balaban J connectivity index is 1.20. The first-order valence-corrected chi connectivity index (χ1v) is 26.3. The second-order valence-electron chi connectivity index (χ2n) is 19.8. The number of esters is 1. The molecule has 0 spiro atoms. The van der Waals surface area contributed by atoms with Crippen LogP contribution in [0.5, 0.6) is 5.75 Å². The van der Waals surface area contributed by atoms with Crippen LogP contribution in [0.15, 0.2) is 78.2 Å². The van der Waals surface area contributed by atoms with Crippen LogP contribution in [0.3, 0.4) is 0 Å². The van der Waals surface area contributed by atoms with E-state index in [-0.39, 0.29) is 43.7 Å². The number of hydrogen-bond donors (Lipinski definition) is 4. The Bertz CT molecular complexity index is 2600. The molecule has 0 saturated carbocycles. The van der Waals surface area contributed by atoms with E-state index in [4.69, 9.17) is 4.74 Å². The average Bonchev–Trinajstić information content (AvgIpc) is 3.92. The van der Waals surface area contributed by atoms with Crippen LogP contribution < -0.4 is 21.0 Å². The van der Waals surface area contributed by atoms with Crippen molar-refractivity contribution in [2.45, 2.75) is 106 Å². The first-order valence-electron chi connectivity index (χ1n) is 25.3. The quantitative estimate of drug-likeness (QED) is 0.122. The Morgan fingerprint density at radius 2 is 1.61 bits per heavy atom. The van der Waals surface area contributed by atoms with Crippen molar-refractivity contribution in [1.82, 2.24) is 40.5 Å². The van der Waals surface area contributed by atoms with Gasteiger partial charge in [-0.1, -0.05) is 49.4 Å². The summed E-state index contributed by atoms with van der Waals surface area (Å²) in [6.07, 6.45) is 2.09. The van der Waals surface area contributed by atoms with Gasteiger partial charge in [0.2, 0.25) is 29.5 Å². The van der Waals surface area contributed by atoms with Gasteiger partial charge in [0, 0.05) is 69.7 Å². The number of cyclic esters (lactones) is 1. The molecule has 3 aromatic rings. The normalized spacial score (nSPS) is 29.2. The summed E-state index contributed by atoms with van der Waals surface area (Å²) >= 11 is 1.70. The van der Waals surface area contributed by atoms with Crippen molar-refractivity contribution in [2.75, 3.05) is 57.6 Å². The third-order valence-electron chi connectivity index (χ3n) is 15.1. The molecule has 394 valence electrons. The number of ether oxygens (including phenoxy) is 1. The molecular formula is C52H64N10O11S. The van der Waals surface area contributed by atoms with Gasteiger partial charge in [0.25, 0.3) is 5.91 Å². The van der Waals surface area contributed by atoms with Crippen molar-refractivity contribution in [3.8, 4) is 5.75 Å². The number of rotatable bonds is 11. The van der Waals surface area contributed by atoms with Crippen LogP contribution in [0.1, 0.15) is 80.0 Å². The number of hydrogen-bond acceptors (Lipinski definition) is 15. The molecule has 0 radical (unpaired) electrons. The predicted octanol–water partition coefficient (Wildman–Crippen LogP) is 2.38. The molecule has 6 amide bonds. The lowest BCUT2D eigenvalue weighted by Gasteiger charge is -2.45. The fraction of sp³-hybridized carbons (Fsp3) is 0.519. The summed E-state index contributed by atoms with van der Waals surface area (Å²) in [5.74, 6) is -6.22. The summed E-state index contributed by atoms with van der Waals surface area (Å²) in [4.78, 5) is 139. The minimum Gasteiger partial charge on any atom is -0.505 e. The second-order valence-corrected chi connectivity index (χ2v) is 21.1. The maximum Gasteiger partial charge on any atom is 0.333 e. The Labute approximate surface area is 433 Å². The van der Waals surface area contributed by atoms with Crippen LogP contribution in [0.4, 0.5) is 5.69 Å². The van der Waals surface area contributed by atoms with Gasteiger partial charge in [0.05, 0.1) is 11.0 Å². The summed E-state index contributed by atoms with van der Waals surface area (Å²) in [6, 6.07) is 8.99. The molecule has 74 heavy (non-hydrogen) atoms. The fourth-order valence-corrected chi connectivity index (χ4v) is 12.4. The number of likely N-dealkylation sites (N-methyl/N-ethyl adjacent to an activating group) is 1. The molecule has 6 saturated heterocycles. The smallest absolute Gasteiger partial charge is 0.333 e. The number of nitroso groups, excluding NO2 is 1. The van der Waals surface area contributed by atoms with Crippen LogP contribution >= 0.6 is 11.8 Å². The number of nitrogens with one attached hydrogen (secondary N) is 3. The van der Waals surface area contributed by atoms with Gasteiger partial charge in [-0.25, -0.2) is 14.8 Å². The van der Waals surface area contributed by atoms with Crippen molar-refractivity contribution >= 4 is 64.6 Å². The molecule has 6 fully saturated rings. The average molecular weight is 1040 g/mol. The lowest BCUT2D eigenvalue weighted by Crippen LogP contribution is -2.63. The first kappa shape index (κ1) is 53.4. The second kappa shape index (κ2) is 23.5. The Kier molecular flexibility index (Phi) is 17.0. The number of thioether (sulfide) groups is 1. The maximum absolute atomic E-state index is 15.7. The third kappa shape index (κ3) is 11.7. The van der Waals surface area contributed by atoms with Crippen molar-refractivity contribution < 1.29 is 48.2 Å². The third-order valence-corrected chi connectivity index (χ3v) is 16.7. The number of carbonyl (C=O) groups is 8. The minimum atomic E-state index is -1.71. The van der Waals surface area contributed by atoms with Gasteiger partial charge < -0.3 is 45.4 Å². The molecule has 0 aliphatic carbocycles. The first-order chi connectivity index (χ1) is 35.6. The molecule has 9 atom stereocenters. The molecule has 22 heteroatoms. The number of aromatic nitrogens is 1. The van der Waals surface area contributed by atoms with E-state index in [0.29, 0.717) is 34.6 Å². The standard InChI is InChI=1S/C52H64N10O11S/c1-5-36-49(68)61-22-10-13-37(61)50(69)58(3)39(25-31-15-17-35(18-16-31)59(4)57-72)51(70)62-27-34(29-74-42-28-60-23-19-32(42)20-24-60)41(64)26-38(62)46(65)56-44(33-11-7-6-8-12-33)52(71)73-30(2)43(47(66)54-36)55-48(67)45-40(63)14-9-21-53-45/h6-9,11-12,14-18,21,30,32,34,36-39,42-44,63H,5,10,13,19-20,22-29H2,1-4H3,(H,54,66)(H,55,67)(H,56,65)/t30-,34+,36-,37+,38+,39+,42-,43+,44+/m1/s1. The fourth-order valence-electron chi connectivity index (χ4n) is 10.7. The number of Topliss-reactive ketones (excluding diaryl/α,β-unsaturated/α-hetero) is 1. The number of pyridine rings is 1. The zero-order chi connectivity index (χ0) is 52.8. The maximum atomic E-state index is 15.7. The van der Waals surface area contributed by atoms with E-state index < -0.39 is 108 Å². The van der Waals surface area contributed by atoms with E-state index in [1.807, 2.05) is 0 Å². The van der Waals surface area contributed by atoms with Crippen LogP contribution in [0.2, 0.25) is 0 Å². The summed E-state index contributed by atoms with van der Waals surface area (Å²) in [5, 5.41) is 22.8. The Morgan fingerprint density at radius 3 is 2.27 bits per heavy atom. The van der Waals surface area contributed by atoms with E-state index >= 15 is 14.4 Å². The SMILES string of the molecule is CC[C@H]1NC(=O)[C@@H](NC(=O)c2ncccc2O)[C@@H](C)OC(=O)[C@H](c2ccccc2)NC(=O)[C@@H]2CC(=O)[C@H](CS[C@@H]3CN4CCC3CC4)CN2C(=O)[C@H](Cc2ccc(N(C)N=O)cc2)N(C)C(=O)[C@@H]2CCCN2C1=O. The lowest BCUT2D eigenvalue weighted by atomic mass is 9.88. The van der Waals surface area contributed by atoms with Crippen LogP contribution in [0.25, 0.3) is 0 Å². The number of amides is 6. The van der Waals surface area contributed by atoms with Gasteiger partial charge in [0.15, 0.2) is 11.7 Å². The number of carbonyl (C=O) groups excluding carboxylic acids is 8. The highest BCUT2D eigenvalue weighted by molar-refractivity contribution is 8.00. The molecule has 4 N–H and O–H groups in total. The highest BCUT2D eigenvalue weighted by atomic mass is 32.2. The van der Waals surface area contributed by atoms with E-state index in [9.17, 15) is 34.0 Å². The number of fused-ring (bicyclic) bond motifs is 5. The summed E-state index contributed by atoms with van der Waals surface area (Å²) in [5.41, 5.74) is 0.864. The zero-order valence-electron chi connectivity index (χ0n) is 42.0. The van der Waals surface area contributed by atoms with Gasteiger partial charge in [-0.15, -0.1) is 4.91 Å². The largest absolute Gasteiger partial charge is 0.505 e. The molecule has 9 rings (SSSR count). The predicted molar refractivity (Wildman–Crippen MR) is 272 cm³/mol. The van der Waals surface area contributed by atoms with Gasteiger partial charge >= 0.3 is 5.97 Å². The van der Waals surface area contributed by atoms with E-state index in [2.05, 4.69) is 31.1 Å². The highest BCUT2D eigenvalue weighted by Crippen LogP contribution is 2.37. The van der Waals surface area contributed by atoms with E-state index in [1.54, 1.807) is 73.3 Å². The molecule has 7 heterocycles. The highest BCUT2D eigenvalue weighted by Gasteiger charge is 2.48. The van der Waals surface area contributed by atoms with Crippen molar-refractivity contribution in [3.63, 3.8) is 0 Å². The van der Waals surface area contributed by atoms with Crippen molar-refractivity contribution in [3.05, 3.63) is 94.7 Å². The summed E-state index contributed by atoms with van der Waals surface area (Å²) < 4.78 is 5.96. The van der Waals surface area contributed by atoms with Crippen LogP contribution in [-0.2, 0) is 44.7 Å². The molecule has 6 aliphatic rings. The molecule has 6 aliphatic heterocycles. The Morgan fingerprint density at radius 1 is 0.878 bits per heavy atom. The van der Waals surface area contributed by atoms with Crippen molar-refractivity contribution in [2.24, 2.45) is 17.1 Å². The molecule has 1 aromatic heterocycles. The number of piperidine rings is 4. The number of ketones is 1. The van der Waals surface area contributed by atoms with E-state index in [0.717, 1.165) is 37.5 Å². The van der Waals surface area contributed by atoms with Crippen LogP contribution in [-0.4, -0.2) is 171 Å². The van der Waals surface area contributed by atoms with Crippen molar-refractivity contribution in [1.29, 1.82) is 0 Å². The van der Waals surface area contributed by atoms with Crippen LogP contribution in [0, 0.1) is 16.7 Å². The topological polar surface area (TPSA) is 261 Å². The molecule has 21 nitrogen and oxygen atoms in total. The molecular weight excluding hydrogens is 973 g/mol. The number of aromatic hydroxyl groups is 1. The Hall–Kier alpha value is -6.94.